The molecule has 1 unspecified atom stereocenters. The number of likely N-dealkylation sites (N-methyl/N-ethyl adjacent to an activating group) is 2. The average Bonchev–Trinajstić information content (AvgIpc) is 2.44. The average molecular weight is 293 g/mol. The number of nitrogens with zero attached hydrogens (tertiary/aromatic N) is 2. The Balaban J connectivity index is 2.68. The van der Waals surface area contributed by atoms with Gasteiger partial charge in [-0.1, -0.05) is 17.7 Å². The van der Waals surface area contributed by atoms with E-state index in [9.17, 15) is 0 Å². The molecule has 0 aromatic heterocycles. The molecule has 1 aromatic rings. The van der Waals surface area contributed by atoms with Crippen LogP contribution in [0.5, 0.6) is 5.75 Å². The minimum absolute atomic E-state index is 0.282. The molecule has 0 saturated carbocycles. The number of hydrogen-bond donors (Lipinski definition) is 1. The molecule has 0 aliphatic heterocycles. The van der Waals surface area contributed by atoms with Crippen molar-refractivity contribution in [2.45, 2.75) is 19.4 Å². The molecule has 1 aromatic carbocycles. The van der Waals surface area contributed by atoms with Crippen LogP contribution in [0.15, 0.2) is 18.2 Å². The molecule has 1 rings (SSSR count). The summed E-state index contributed by atoms with van der Waals surface area (Å²) in [4.78, 5) is 4.61. The van der Waals surface area contributed by atoms with E-state index in [1.165, 1.54) is 17.5 Å². The van der Waals surface area contributed by atoms with Gasteiger partial charge in [0.25, 0.3) is 0 Å². The van der Waals surface area contributed by atoms with Crippen molar-refractivity contribution in [3.05, 3.63) is 29.3 Å². The van der Waals surface area contributed by atoms with Crippen molar-refractivity contribution in [2.75, 3.05) is 54.9 Å². The van der Waals surface area contributed by atoms with E-state index in [0.29, 0.717) is 0 Å². The second-order valence-corrected chi connectivity index (χ2v) is 6.01. The Morgan fingerprint density at radius 1 is 1.19 bits per heavy atom. The summed E-state index contributed by atoms with van der Waals surface area (Å²) in [7, 11) is 10.2. The fraction of sp³-hybridized carbons (Fsp3) is 0.647. The second-order valence-electron chi connectivity index (χ2n) is 6.01. The van der Waals surface area contributed by atoms with Gasteiger partial charge in [0, 0.05) is 18.2 Å². The first-order chi connectivity index (χ1) is 9.97. The van der Waals surface area contributed by atoms with Crippen LogP contribution in [-0.4, -0.2) is 64.7 Å². The van der Waals surface area contributed by atoms with Crippen LogP contribution in [0.1, 0.15) is 23.6 Å². The van der Waals surface area contributed by atoms with Gasteiger partial charge >= 0.3 is 0 Å². The Hall–Kier alpha value is -1.10. The second kappa shape index (κ2) is 9.03. The van der Waals surface area contributed by atoms with Crippen LogP contribution < -0.4 is 10.1 Å². The largest absolute Gasteiger partial charge is 0.496 e. The molecular formula is C17H31N3O. The summed E-state index contributed by atoms with van der Waals surface area (Å²) in [6.45, 7) is 5.33. The van der Waals surface area contributed by atoms with Crippen LogP contribution in [0.4, 0.5) is 0 Å². The van der Waals surface area contributed by atoms with Crippen molar-refractivity contribution >= 4 is 0 Å². The molecule has 0 aliphatic rings. The van der Waals surface area contributed by atoms with E-state index in [-0.39, 0.29) is 6.04 Å². The third-order valence-corrected chi connectivity index (χ3v) is 3.75. The van der Waals surface area contributed by atoms with Gasteiger partial charge in [0.15, 0.2) is 0 Å². The SMILES string of the molecule is CNC(CN(C)CCCN(C)C)c1cc(C)ccc1OC. The van der Waals surface area contributed by atoms with Gasteiger partial charge in [0.1, 0.15) is 5.75 Å². The highest BCUT2D eigenvalue weighted by atomic mass is 16.5. The van der Waals surface area contributed by atoms with Crippen molar-refractivity contribution < 1.29 is 4.74 Å². The zero-order valence-corrected chi connectivity index (χ0v) is 14.4. The Morgan fingerprint density at radius 2 is 1.90 bits per heavy atom. The van der Waals surface area contributed by atoms with Gasteiger partial charge < -0.3 is 19.9 Å². The van der Waals surface area contributed by atoms with Crippen LogP contribution in [0.3, 0.4) is 0 Å². The molecule has 21 heavy (non-hydrogen) atoms. The van der Waals surface area contributed by atoms with E-state index in [2.05, 4.69) is 61.4 Å². The van der Waals surface area contributed by atoms with Crippen LogP contribution >= 0.6 is 0 Å². The molecule has 4 nitrogen and oxygen atoms in total. The minimum Gasteiger partial charge on any atom is -0.496 e. The number of aryl methyl sites for hydroxylation is 1. The molecule has 120 valence electrons. The molecule has 0 heterocycles. The van der Waals surface area contributed by atoms with Crippen molar-refractivity contribution in [2.24, 2.45) is 0 Å². The highest BCUT2D eigenvalue weighted by molar-refractivity contribution is 5.39. The lowest BCUT2D eigenvalue weighted by Gasteiger charge is -2.26. The lowest BCUT2D eigenvalue weighted by molar-refractivity contribution is 0.272. The summed E-state index contributed by atoms with van der Waals surface area (Å²) in [5, 5.41) is 3.42. The van der Waals surface area contributed by atoms with Gasteiger partial charge in [0.2, 0.25) is 0 Å². The maximum atomic E-state index is 5.51. The van der Waals surface area contributed by atoms with Crippen LogP contribution in [0, 0.1) is 6.92 Å². The summed E-state index contributed by atoms with van der Waals surface area (Å²) in [5.41, 5.74) is 2.50. The maximum Gasteiger partial charge on any atom is 0.123 e. The topological polar surface area (TPSA) is 27.7 Å². The zero-order chi connectivity index (χ0) is 15.8. The minimum atomic E-state index is 0.282. The van der Waals surface area contributed by atoms with E-state index >= 15 is 0 Å². The summed E-state index contributed by atoms with van der Waals surface area (Å²) in [6, 6.07) is 6.65. The molecule has 1 atom stereocenters. The van der Waals surface area contributed by atoms with Crippen LogP contribution in [0.25, 0.3) is 0 Å². The zero-order valence-electron chi connectivity index (χ0n) is 14.4. The Labute approximate surface area is 130 Å². The monoisotopic (exact) mass is 293 g/mol. The number of methoxy groups -OCH3 is 1. The van der Waals surface area contributed by atoms with Gasteiger partial charge in [-0.2, -0.15) is 0 Å². The molecule has 0 bridgehead atoms. The van der Waals surface area contributed by atoms with Crippen molar-refractivity contribution in [3.8, 4) is 5.75 Å². The first-order valence-electron chi connectivity index (χ1n) is 7.63. The smallest absolute Gasteiger partial charge is 0.123 e. The number of rotatable bonds is 9. The van der Waals surface area contributed by atoms with Crippen molar-refractivity contribution in [3.63, 3.8) is 0 Å². The molecular weight excluding hydrogens is 262 g/mol. The third kappa shape index (κ3) is 6.04. The predicted octanol–water partition coefficient (Wildman–Crippen LogP) is 2.15. The molecule has 0 saturated heterocycles. The summed E-state index contributed by atoms with van der Waals surface area (Å²) < 4.78 is 5.51. The van der Waals surface area contributed by atoms with Crippen molar-refractivity contribution in [1.29, 1.82) is 0 Å². The third-order valence-electron chi connectivity index (χ3n) is 3.75. The molecule has 4 heteroatoms. The van der Waals surface area contributed by atoms with Crippen LogP contribution in [0.2, 0.25) is 0 Å². The molecule has 1 N–H and O–H groups in total. The number of ether oxygens (including phenoxy) is 1. The molecule has 0 spiro atoms. The Kier molecular flexibility index (Phi) is 7.72. The first kappa shape index (κ1) is 18.0. The lowest BCUT2D eigenvalue weighted by atomic mass is 10.0. The van der Waals surface area contributed by atoms with Gasteiger partial charge in [-0.15, -0.1) is 0 Å². The highest BCUT2D eigenvalue weighted by Crippen LogP contribution is 2.26. The molecule has 0 amide bonds. The normalized spacial score (nSPS) is 13.0. The van der Waals surface area contributed by atoms with Gasteiger partial charge in [-0.25, -0.2) is 0 Å². The number of hydrogen-bond acceptors (Lipinski definition) is 4. The maximum absolute atomic E-state index is 5.51. The van der Waals surface area contributed by atoms with E-state index in [1.54, 1.807) is 7.11 Å². The molecule has 0 aliphatic carbocycles. The lowest BCUT2D eigenvalue weighted by Crippen LogP contribution is -2.33. The Morgan fingerprint density at radius 3 is 2.48 bits per heavy atom. The fourth-order valence-electron chi connectivity index (χ4n) is 2.53. The number of benzene rings is 1. The highest BCUT2D eigenvalue weighted by Gasteiger charge is 2.16. The predicted molar refractivity (Wildman–Crippen MR) is 90.2 cm³/mol. The van der Waals surface area contributed by atoms with E-state index in [1.807, 2.05) is 7.05 Å². The first-order valence-corrected chi connectivity index (χ1v) is 7.63. The molecule has 0 fully saturated rings. The fourth-order valence-corrected chi connectivity index (χ4v) is 2.53. The Bertz CT molecular complexity index is 420. The van der Waals surface area contributed by atoms with Crippen molar-refractivity contribution in [1.82, 2.24) is 15.1 Å². The molecule has 0 radical (unpaired) electrons. The quantitative estimate of drug-likeness (QED) is 0.755. The summed E-state index contributed by atoms with van der Waals surface area (Å²) >= 11 is 0. The number of nitrogens with one attached hydrogen (secondary N) is 1. The van der Waals surface area contributed by atoms with Gasteiger partial charge in [-0.05, 0) is 60.7 Å². The van der Waals surface area contributed by atoms with E-state index < -0.39 is 0 Å². The summed E-state index contributed by atoms with van der Waals surface area (Å²) in [6.07, 6.45) is 1.19. The standard InChI is InChI=1S/C17H31N3O/c1-14-8-9-17(21-6)15(12-14)16(18-2)13-20(5)11-7-10-19(3)4/h8-9,12,16,18H,7,10-11,13H2,1-6H3. The van der Waals surface area contributed by atoms with Gasteiger partial charge in [0.05, 0.1) is 7.11 Å². The van der Waals surface area contributed by atoms with E-state index in [0.717, 1.165) is 25.4 Å². The van der Waals surface area contributed by atoms with Crippen LogP contribution in [-0.2, 0) is 0 Å². The van der Waals surface area contributed by atoms with Gasteiger partial charge in [-0.3, -0.25) is 0 Å². The van der Waals surface area contributed by atoms with E-state index in [4.69, 9.17) is 4.74 Å². The summed E-state index contributed by atoms with van der Waals surface area (Å²) in [5.74, 6) is 0.960.